The van der Waals surface area contributed by atoms with E-state index >= 15 is 0 Å². The van der Waals surface area contributed by atoms with E-state index in [9.17, 15) is 0 Å². The zero-order chi connectivity index (χ0) is 30.9. The zero-order valence-corrected chi connectivity index (χ0v) is 30.3. The summed E-state index contributed by atoms with van der Waals surface area (Å²) >= 11 is 0. The van der Waals surface area contributed by atoms with Crippen molar-refractivity contribution >= 4 is 0 Å². The van der Waals surface area contributed by atoms with Crippen molar-refractivity contribution in [2.75, 3.05) is 0 Å². The molecule has 0 fully saturated rings. The molecule has 0 radical (unpaired) electrons. The van der Waals surface area contributed by atoms with E-state index in [1.54, 1.807) is 5.82 Å². The second kappa shape index (κ2) is 32.6. The van der Waals surface area contributed by atoms with Crippen LogP contribution in [-0.2, 0) is 19.5 Å². The van der Waals surface area contributed by atoms with Gasteiger partial charge in [0.25, 0.3) is 5.82 Å². The molecule has 0 aromatic carbocycles. The highest BCUT2D eigenvalue weighted by atomic mass is 15.1. The average Bonchev–Trinajstić information content (AvgIpc) is 3.40. The molecule has 2 heteroatoms. The van der Waals surface area contributed by atoms with E-state index in [-0.39, 0.29) is 0 Å². The molecule has 0 bridgehead atoms. The van der Waals surface area contributed by atoms with Gasteiger partial charge in [-0.25, -0.2) is 9.13 Å². The van der Waals surface area contributed by atoms with Gasteiger partial charge < -0.3 is 0 Å². The summed E-state index contributed by atoms with van der Waals surface area (Å²) in [6.45, 7) is 9.40. The second-order valence-electron chi connectivity index (χ2n) is 14.1. The highest BCUT2D eigenvalue weighted by molar-refractivity contribution is 4.84. The number of aromatic nitrogens is 2. The summed E-state index contributed by atoms with van der Waals surface area (Å²) < 4.78 is 5.27. The molecule has 0 saturated carbocycles. The topological polar surface area (TPSA) is 8.81 Å². The van der Waals surface area contributed by atoms with Crippen molar-refractivity contribution in [3.05, 3.63) is 18.2 Å². The number of nitrogens with zero attached hydrogens (tertiary/aromatic N) is 2. The van der Waals surface area contributed by atoms with Crippen LogP contribution >= 0.6 is 0 Å². The Balaban J connectivity index is 2.29. The molecule has 2 nitrogen and oxygen atoms in total. The summed E-state index contributed by atoms with van der Waals surface area (Å²) in [5, 5.41) is 0. The van der Waals surface area contributed by atoms with E-state index in [1.807, 2.05) is 0 Å². The van der Waals surface area contributed by atoms with Crippen LogP contribution in [0.3, 0.4) is 0 Å². The molecule has 0 amide bonds. The lowest BCUT2D eigenvalue weighted by Crippen LogP contribution is -2.37. The molecule has 0 aliphatic rings. The molecule has 0 aliphatic heterocycles. The van der Waals surface area contributed by atoms with Gasteiger partial charge >= 0.3 is 0 Å². The minimum atomic E-state index is 1.23. The third kappa shape index (κ3) is 25.1. The Morgan fingerprint density at radius 1 is 0.395 bits per heavy atom. The van der Waals surface area contributed by atoms with Gasteiger partial charge in [-0.3, -0.25) is 0 Å². The summed E-state index contributed by atoms with van der Waals surface area (Å²) in [4.78, 5) is 0. The smallest absolute Gasteiger partial charge is 0.234 e. The van der Waals surface area contributed by atoms with E-state index in [0.29, 0.717) is 0 Å². The van der Waals surface area contributed by atoms with Gasteiger partial charge in [0.1, 0.15) is 12.4 Å². The third-order valence-corrected chi connectivity index (χ3v) is 9.85. The number of hydrogen-bond donors (Lipinski definition) is 0. The van der Waals surface area contributed by atoms with Crippen LogP contribution in [0.5, 0.6) is 0 Å². The molecule has 0 unspecified atom stereocenters. The SMILES string of the molecule is CCCCCCCCCCCCCCc1n(CCCCCCCCCC)cc[n+]1CCCCCCCCCCCCCC. The van der Waals surface area contributed by atoms with Crippen molar-refractivity contribution in [3.63, 3.8) is 0 Å². The van der Waals surface area contributed by atoms with Crippen molar-refractivity contribution in [2.24, 2.45) is 0 Å². The Morgan fingerprint density at radius 2 is 0.721 bits per heavy atom. The van der Waals surface area contributed by atoms with Crippen molar-refractivity contribution in [1.29, 1.82) is 0 Å². The second-order valence-corrected chi connectivity index (χ2v) is 14.1. The number of rotatable bonds is 35. The fourth-order valence-corrected chi connectivity index (χ4v) is 6.86. The van der Waals surface area contributed by atoms with Crippen LogP contribution in [0.15, 0.2) is 12.4 Å². The highest BCUT2D eigenvalue weighted by Gasteiger charge is 2.16. The van der Waals surface area contributed by atoms with E-state index in [1.165, 1.54) is 225 Å². The fourth-order valence-electron chi connectivity index (χ4n) is 6.86. The first-order valence-corrected chi connectivity index (χ1v) is 20.4. The number of unbranched alkanes of at least 4 members (excludes halogenated alkanes) is 29. The lowest BCUT2D eigenvalue weighted by molar-refractivity contribution is -0.704. The highest BCUT2D eigenvalue weighted by Crippen LogP contribution is 2.15. The largest absolute Gasteiger partial charge is 0.256 e. The van der Waals surface area contributed by atoms with Crippen LogP contribution in [0.25, 0.3) is 0 Å². The van der Waals surface area contributed by atoms with Gasteiger partial charge in [0, 0.05) is 6.42 Å². The molecule has 1 heterocycles. The van der Waals surface area contributed by atoms with E-state index in [0.717, 1.165) is 0 Å². The van der Waals surface area contributed by atoms with E-state index in [2.05, 4.69) is 42.3 Å². The summed E-state index contributed by atoms with van der Waals surface area (Å²) in [7, 11) is 0. The molecule has 0 N–H and O–H groups in total. The number of imidazole rings is 1. The molecule has 0 atom stereocenters. The van der Waals surface area contributed by atoms with Gasteiger partial charge in [-0.2, -0.15) is 0 Å². The van der Waals surface area contributed by atoms with Crippen molar-refractivity contribution in [2.45, 2.75) is 246 Å². The molecule has 0 aliphatic carbocycles. The molecule has 1 aromatic heterocycles. The van der Waals surface area contributed by atoms with E-state index in [4.69, 9.17) is 0 Å². The summed E-state index contributed by atoms with van der Waals surface area (Å²) in [5.41, 5.74) is 0. The van der Waals surface area contributed by atoms with Gasteiger partial charge in [-0.15, -0.1) is 0 Å². The first kappa shape index (κ1) is 40.2. The predicted octanol–water partition coefficient (Wildman–Crippen LogP) is 13.9. The third-order valence-electron chi connectivity index (χ3n) is 9.85. The summed E-state index contributed by atoms with van der Waals surface area (Å²) in [5.74, 6) is 1.62. The molecule has 254 valence electrons. The molecule has 1 aromatic rings. The Morgan fingerprint density at radius 3 is 1.12 bits per heavy atom. The van der Waals surface area contributed by atoms with Crippen molar-refractivity contribution in [3.8, 4) is 0 Å². The average molecular weight is 602 g/mol. The molecule has 1 rings (SSSR count). The fraction of sp³-hybridized carbons (Fsp3) is 0.927. The van der Waals surface area contributed by atoms with Gasteiger partial charge in [0.15, 0.2) is 0 Å². The molecule has 0 spiro atoms. The van der Waals surface area contributed by atoms with Gasteiger partial charge in [0.2, 0.25) is 0 Å². The quantitative estimate of drug-likeness (QED) is 0.0540. The minimum Gasteiger partial charge on any atom is -0.234 e. The number of hydrogen-bond acceptors (Lipinski definition) is 0. The monoisotopic (exact) mass is 602 g/mol. The maximum Gasteiger partial charge on any atom is 0.256 e. The lowest BCUT2D eigenvalue weighted by Gasteiger charge is -2.07. The van der Waals surface area contributed by atoms with Crippen LogP contribution in [-0.4, -0.2) is 4.57 Å². The molecule has 0 saturated heterocycles. The Kier molecular flexibility index (Phi) is 30.5. The maximum absolute atomic E-state index is 2.64. The maximum atomic E-state index is 2.64. The standard InChI is InChI=1S/C41H81N2/c1-4-7-10-13-16-19-21-23-25-27-30-33-36-41-42(37-34-31-28-18-15-12-9-6-3)39-40-43(41)38-35-32-29-26-24-22-20-17-14-11-8-5-2/h39-40H,4-38H2,1-3H3/q+1. The first-order chi connectivity index (χ1) is 21.3. The lowest BCUT2D eigenvalue weighted by atomic mass is 10.0. The zero-order valence-electron chi connectivity index (χ0n) is 30.3. The number of aryl methyl sites for hydroxylation is 2. The van der Waals surface area contributed by atoms with Crippen molar-refractivity contribution < 1.29 is 4.57 Å². The molecule has 43 heavy (non-hydrogen) atoms. The normalized spacial score (nSPS) is 11.6. The minimum absolute atomic E-state index is 1.23. The van der Waals surface area contributed by atoms with Crippen molar-refractivity contribution in [1.82, 2.24) is 4.57 Å². The first-order valence-electron chi connectivity index (χ1n) is 20.4. The summed E-state index contributed by atoms with van der Waals surface area (Å²) in [6.07, 6.45) is 51.9. The van der Waals surface area contributed by atoms with Crippen LogP contribution in [0, 0.1) is 0 Å². The van der Waals surface area contributed by atoms with Crippen LogP contribution < -0.4 is 4.57 Å². The van der Waals surface area contributed by atoms with Gasteiger partial charge in [0.05, 0.1) is 13.1 Å². The van der Waals surface area contributed by atoms with E-state index < -0.39 is 0 Å². The molecular weight excluding hydrogens is 520 g/mol. The predicted molar refractivity (Wildman–Crippen MR) is 193 cm³/mol. The van der Waals surface area contributed by atoms with Crippen LogP contribution in [0.4, 0.5) is 0 Å². The molecular formula is C41H81N2+. The van der Waals surface area contributed by atoms with Gasteiger partial charge in [-0.1, -0.05) is 194 Å². The Hall–Kier alpha value is -0.790. The van der Waals surface area contributed by atoms with Crippen LogP contribution in [0.2, 0.25) is 0 Å². The van der Waals surface area contributed by atoms with Gasteiger partial charge in [-0.05, 0) is 32.1 Å². The Bertz CT molecular complexity index is 663. The Labute approximate surface area is 272 Å². The summed E-state index contributed by atoms with van der Waals surface area (Å²) in [6, 6.07) is 0. The van der Waals surface area contributed by atoms with Crippen LogP contribution in [0.1, 0.15) is 232 Å².